The Morgan fingerprint density at radius 1 is 1.47 bits per heavy atom. The molecule has 5 heteroatoms. The summed E-state index contributed by atoms with van der Waals surface area (Å²) < 4.78 is 4.90. The van der Waals surface area contributed by atoms with Crippen LogP contribution in [0, 0.1) is 0 Å². The lowest BCUT2D eigenvalue weighted by Gasteiger charge is -2.41. The second-order valence-corrected chi connectivity index (χ2v) is 4.06. The van der Waals surface area contributed by atoms with Gasteiger partial charge in [-0.2, -0.15) is 0 Å². The van der Waals surface area contributed by atoms with Crippen molar-refractivity contribution < 1.29 is 14.6 Å². The largest absolute Gasteiger partial charge is 0.450 e. The summed E-state index contributed by atoms with van der Waals surface area (Å²) in [5.41, 5.74) is -0.775. The monoisotopic (exact) mass is 216 g/mol. The fraction of sp³-hybridized carbons (Fsp3) is 0.900. The van der Waals surface area contributed by atoms with Gasteiger partial charge in [-0.05, 0) is 21.0 Å². The zero-order valence-electron chi connectivity index (χ0n) is 9.69. The molecule has 5 nitrogen and oxygen atoms in total. The molecule has 1 amide bonds. The second-order valence-electron chi connectivity index (χ2n) is 4.06. The number of ether oxygens (including phenoxy) is 1. The summed E-state index contributed by atoms with van der Waals surface area (Å²) in [6.07, 6.45) is 0.857. The fourth-order valence-corrected chi connectivity index (χ4v) is 1.71. The van der Waals surface area contributed by atoms with Crippen molar-refractivity contribution in [2.75, 3.05) is 33.8 Å². The Morgan fingerprint density at radius 2 is 2.00 bits per heavy atom. The van der Waals surface area contributed by atoms with E-state index in [2.05, 4.69) is 0 Å². The summed E-state index contributed by atoms with van der Waals surface area (Å²) in [5, 5.41) is 10.1. The van der Waals surface area contributed by atoms with Crippen LogP contribution >= 0.6 is 0 Å². The highest BCUT2D eigenvalue weighted by atomic mass is 16.6. The van der Waals surface area contributed by atoms with Crippen LogP contribution in [0.5, 0.6) is 0 Å². The minimum Gasteiger partial charge on any atom is -0.450 e. The Bertz CT molecular complexity index is 223. The van der Waals surface area contributed by atoms with Crippen LogP contribution in [-0.2, 0) is 4.74 Å². The zero-order valence-corrected chi connectivity index (χ0v) is 9.69. The number of hydrogen-bond acceptors (Lipinski definition) is 4. The lowest BCUT2D eigenvalue weighted by Crippen LogP contribution is -2.53. The van der Waals surface area contributed by atoms with Crippen LogP contribution in [0.4, 0.5) is 4.79 Å². The molecule has 1 saturated heterocycles. The molecule has 1 aliphatic rings. The maximum Gasteiger partial charge on any atom is 0.409 e. The van der Waals surface area contributed by atoms with E-state index in [1.807, 2.05) is 14.1 Å². The first kappa shape index (κ1) is 12.3. The van der Waals surface area contributed by atoms with Crippen LogP contribution in [0.3, 0.4) is 0 Å². The molecule has 0 aromatic carbocycles. The van der Waals surface area contributed by atoms with Crippen molar-refractivity contribution >= 4 is 6.09 Å². The summed E-state index contributed by atoms with van der Waals surface area (Å²) in [6, 6.07) is 0. The SMILES string of the molecule is CCOC(=O)N1CCC(O)(N(C)C)CC1. The number of nitrogens with zero attached hydrogens (tertiary/aromatic N) is 2. The quantitative estimate of drug-likeness (QED) is 0.682. The first-order chi connectivity index (χ1) is 6.99. The van der Waals surface area contributed by atoms with Gasteiger partial charge in [-0.3, -0.25) is 4.90 Å². The van der Waals surface area contributed by atoms with E-state index in [0.717, 1.165) is 0 Å². The average molecular weight is 216 g/mol. The number of amides is 1. The maximum absolute atomic E-state index is 11.4. The number of aliphatic hydroxyl groups is 1. The van der Waals surface area contributed by atoms with Gasteiger partial charge in [0.05, 0.1) is 6.61 Å². The fourth-order valence-electron chi connectivity index (χ4n) is 1.71. The van der Waals surface area contributed by atoms with Gasteiger partial charge in [0.2, 0.25) is 0 Å². The maximum atomic E-state index is 11.4. The Hall–Kier alpha value is -0.810. The third-order valence-electron chi connectivity index (χ3n) is 2.92. The predicted molar refractivity (Wildman–Crippen MR) is 56.5 cm³/mol. The third-order valence-corrected chi connectivity index (χ3v) is 2.92. The van der Waals surface area contributed by atoms with Crippen LogP contribution in [0.25, 0.3) is 0 Å². The molecule has 0 bridgehead atoms. The van der Waals surface area contributed by atoms with Gasteiger partial charge in [0.15, 0.2) is 0 Å². The molecule has 0 aromatic heterocycles. The first-order valence-electron chi connectivity index (χ1n) is 5.31. The van der Waals surface area contributed by atoms with Gasteiger partial charge in [-0.1, -0.05) is 0 Å². The molecule has 0 saturated carbocycles. The summed E-state index contributed by atoms with van der Waals surface area (Å²) >= 11 is 0. The summed E-state index contributed by atoms with van der Waals surface area (Å²) in [6.45, 7) is 3.28. The van der Waals surface area contributed by atoms with Crippen molar-refractivity contribution in [2.45, 2.75) is 25.5 Å². The summed E-state index contributed by atoms with van der Waals surface area (Å²) in [7, 11) is 3.69. The number of likely N-dealkylation sites (tertiary alicyclic amines) is 1. The minimum atomic E-state index is -0.775. The zero-order chi connectivity index (χ0) is 11.5. The highest BCUT2D eigenvalue weighted by Crippen LogP contribution is 2.24. The van der Waals surface area contributed by atoms with Gasteiger partial charge < -0.3 is 14.7 Å². The van der Waals surface area contributed by atoms with E-state index in [0.29, 0.717) is 32.5 Å². The van der Waals surface area contributed by atoms with Gasteiger partial charge in [0.25, 0.3) is 0 Å². The van der Waals surface area contributed by atoms with Gasteiger partial charge in [0.1, 0.15) is 5.72 Å². The molecule has 1 N–H and O–H groups in total. The Labute approximate surface area is 90.6 Å². The molecule has 0 spiro atoms. The Kier molecular flexibility index (Phi) is 3.93. The molecule has 1 heterocycles. The van der Waals surface area contributed by atoms with Crippen LogP contribution in [-0.4, -0.2) is 60.5 Å². The lowest BCUT2D eigenvalue weighted by molar-refractivity contribution is -0.117. The van der Waals surface area contributed by atoms with Gasteiger partial charge >= 0.3 is 6.09 Å². The molecule has 1 rings (SSSR count). The van der Waals surface area contributed by atoms with Crippen molar-refractivity contribution in [1.29, 1.82) is 0 Å². The highest BCUT2D eigenvalue weighted by Gasteiger charge is 2.35. The van der Waals surface area contributed by atoms with Gasteiger partial charge in [0, 0.05) is 25.9 Å². The van der Waals surface area contributed by atoms with E-state index in [1.54, 1.807) is 16.7 Å². The van der Waals surface area contributed by atoms with Crippen molar-refractivity contribution in [3.8, 4) is 0 Å². The molecule has 0 unspecified atom stereocenters. The van der Waals surface area contributed by atoms with Crippen LogP contribution in [0.1, 0.15) is 19.8 Å². The molecule has 15 heavy (non-hydrogen) atoms. The Morgan fingerprint density at radius 3 is 2.40 bits per heavy atom. The molecule has 0 aliphatic carbocycles. The Balaban J connectivity index is 2.45. The van der Waals surface area contributed by atoms with Crippen molar-refractivity contribution in [3.05, 3.63) is 0 Å². The second kappa shape index (κ2) is 4.81. The summed E-state index contributed by atoms with van der Waals surface area (Å²) in [5.74, 6) is 0. The van der Waals surface area contributed by atoms with Crippen molar-refractivity contribution in [1.82, 2.24) is 9.80 Å². The molecule has 1 fully saturated rings. The van der Waals surface area contributed by atoms with Crippen LogP contribution in [0.2, 0.25) is 0 Å². The number of carbonyl (C=O) groups excluding carboxylic acids is 1. The summed E-state index contributed by atoms with van der Waals surface area (Å²) in [4.78, 5) is 14.8. The predicted octanol–water partition coefficient (Wildman–Crippen LogP) is 0.489. The lowest BCUT2D eigenvalue weighted by atomic mass is 10.00. The molecule has 88 valence electrons. The highest BCUT2D eigenvalue weighted by molar-refractivity contribution is 5.67. The van der Waals surface area contributed by atoms with Crippen molar-refractivity contribution in [3.63, 3.8) is 0 Å². The van der Waals surface area contributed by atoms with Crippen LogP contribution in [0.15, 0.2) is 0 Å². The van der Waals surface area contributed by atoms with E-state index >= 15 is 0 Å². The molecule has 0 radical (unpaired) electrons. The number of piperidine rings is 1. The van der Waals surface area contributed by atoms with E-state index in [4.69, 9.17) is 4.74 Å². The molecular formula is C10H20N2O3. The van der Waals surface area contributed by atoms with E-state index in [1.165, 1.54) is 0 Å². The van der Waals surface area contributed by atoms with Gasteiger partial charge in [-0.15, -0.1) is 0 Å². The third kappa shape index (κ3) is 2.82. The number of rotatable bonds is 2. The van der Waals surface area contributed by atoms with Crippen LogP contribution < -0.4 is 0 Å². The normalized spacial score (nSPS) is 20.5. The number of carbonyl (C=O) groups is 1. The topological polar surface area (TPSA) is 53.0 Å². The minimum absolute atomic E-state index is 0.279. The van der Waals surface area contributed by atoms with Crippen molar-refractivity contribution in [2.24, 2.45) is 0 Å². The molecule has 0 atom stereocenters. The molecule has 1 aliphatic heterocycles. The standard InChI is InChI=1S/C10H20N2O3/c1-4-15-9(13)12-7-5-10(14,6-8-12)11(2)3/h14H,4-8H2,1-3H3. The number of hydrogen-bond donors (Lipinski definition) is 1. The van der Waals surface area contributed by atoms with E-state index < -0.39 is 5.72 Å². The molecular weight excluding hydrogens is 196 g/mol. The average Bonchev–Trinajstić information content (AvgIpc) is 2.19. The first-order valence-corrected chi connectivity index (χ1v) is 5.31. The molecule has 0 aromatic rings. The van der Waals surface area contributed by atoms with Gasteiger partial charge in [-0.25, -0.2) is 4.79 Å². The van der Waals surface area contributed by atoms with E-state index in [-0.39, 0.29) is 6.09 Å². The van der Waals surface area contributed by atoms with E-state index in [9.17, 15) is 9.90 Å². The smallest absolute Gasteiger partial charge is 0.409 e.